The maximum absolute atomic E-state index is 12.1. The van der Waals surface area contributed by atoms with Gasteiger partial charge in [-0.25, -0.2) is 9.13 Å². The smallest absolute Gasteiger partial charge is 0.378 e. The molecule has 2 aromatic rings. The van der Waals surface area contributed by atoms with Crippen LogP contribution < -0.4 is 5.73 Å². The number of hydrogen-bond acceptors (Lipinski definition) is 7. The SMILES string of the molecule is N[C@@H](CCC(=O)OP(=O)(O)CCCc1ccccc1)C(=O)OP(=O)(O)CCCc1ccccc1. The molecule has 0 aliphatic carbocycles. The Kier molecular flexibility index (Phi) is 11.2. The molecule has 0 aliphatic heterocycles. The number of rotatable bonds is 14. The summed E-state index contributed by atoms with van der Waals surface area (Å²) in [6, 6.07) is 17.4. The van der Waals surface area contributed by atoms with E-state index in [1.807, 2.05) is 60.7 Å². The normalized spacial score (nSPS) is 15.5. The molecule has 9 nitrogen and oxygen atoms in total. The van der Waals surface area contributed by atoms with E-state index in [-0.39, 0.29) is 18.7 Å². The van der Waals surface area contributed by atoms with Gasteiger partial charge in [-0.2, -0.15) is 0 Å². The highest BCUT2D eigenvalue weighted by atomic mass is 31.2. The van der Waals surface area contributed by atoms with Crippen LogP contribution in [0.2, 0.25) is 0 Å². The molecule has 0 spiro atoms. The molecule has 11 heteroatoms. The first-order valence-corrected chi connectivity index (χ1v) is 14.5. The van der Waals surface area contributed by atoms with Crippen LogP contribution in [0.15, 0.2) is 60.7 Å². The number of carbonyl (C=O) groups is 2. The van der Waals surface area contributed by atoms with Gasteiger partial charge in [0.15, 0.2) is 0 Å². The van der Waals surface area contributed by atoms with E-state index in [4.69, 9.17) is 5.73 Å². The van der Waals surface area contributed by atoms with E-state index in [9.17, 15) is 28.5 Å². The van der Waals surface area contributed by atoms with Gasteiger partial charge in [0.25, 0.3) is 0 Å². The fourth-order valence-corrected chi connectivity index (χ4v) is 5.27. The van der Waals surface area contributed by atoms with Gasteiger partial charge in [0.1, 0.15) is 6.04 Å². The van der Waals surface area contributed by atoms with Gasteiger partial charge >= 0.3 is 27.1 Å². The van der Waals surface area contributed by atoms with Crippen LogP contribution in [0.3, 0.4) is 0 Å². The van der Waals surface area contributed by atoms with Crippen molar-refractivity contribution in [2.24, 2.45) is 5.73 Å². The molecule has 0 amide bonds. The third kappa shape index (κ3) is 11.2. The van der Waals surface area contributed by atoms with Crippen molar-refractivity contribution in [1.29, 1.82) is 0 Å². The molecule has 2 aromatic carbocycles. The first kappa shape index (κ1) is 28.0. The largest absolute Gasteiger partial charge is 0.392 e. The summed E-state index contributed by atoms with van der Waals surface area (Å²) in [6.07, 6.45) is 0.710. The molecule has 3 atom stereocenters. The summed E-state index contributed by atoms with van der Waals surface area (Å²) in [5.41, 5.74) is 7.65. The van der Waals surface area contributed by atoms with Gasteiger partial charge in [-0.15, -0.1) is 0 Å². The summed E-state index contributed by atoms with van der Waals surface area (Å²) in [4.78, 5) is 43.7. The Morgan fingerprint density at radius 2 is 1.24 bits per heavy atom. The lowest BCUT2D eigenvalue weighted by Crippen LogP contribution is -2.32. The molecule has 186 valence electrons. The lowest BCUT2D eigenvalue weighted by Gasteiger charge is -2.16. The standard InChI is InChI=1S/C23H31NO8P2/c24-21(23(26)32-34(29,30)18-8-14-20-11-5-2-6-12-20)15-16-22(25)31-33(27,28)17-7-13-19-9-3-1-4-10-19/h1-6,9-12,21H,7-8,13-18,24H2,(H,27,28)(H,29,30)/t21-/m0/s1. The fourth-order valence-electron chi connectivity index (χ4n) is 3.15. The van der Waals surface area contributed by atoms with Crippen molar-refractivity contribution in [3.05, 3.63) is 71.8 Å². The van der Waals surface area contributed by atoms with Crippen molar-refractivity contribution < 1.29 is 37.6 Å². The van der Waals surface area contributed by atoms with Gasteiger partial charge in [-0.3, -0.25) is 9.59 Å². The fraction of sp³-hybridized carbons (Fsp3) is 0.391. The second kappa shape index (κ2) is 13.6. The first-order valence-electron chi connectivity index (χ1n) is 11.0. The number of hydrogen-bond donors (Lipinski definition) is 3. The van der Waals surface area contributed by atoms with Gasteiger partial charge in [0.05, 0.1) is 12.3 Å². The van der Waals surface area contributed by atoms with Crippen molar-refractivity contribution in [2.45, 2.75) is 44.6 Å². The molecule has 0 fully saturated rings. The van der Waals surface area contributed by atoms with E-state index in [2.05, 4.69) is 9.05 Å². The summed E-state index contributed by atoms with van der Waals surface area (Å²) in [5.74, 6) is -2.10. The Morgan fingerprint density at radius 3 is 1.71 bits per heavy atom. The topological polar surface area (TPSA) is 153 Å². The van der Waals surface area contributed by atoms with Crippen molar-refractivity contribution in [3.63, 3.8) is 0 Å². The quantitative estimate of drug-likeness (QED) is 0.321. The zero-order valence-electron chi connectivity index (χ0n) is 18.8. The molecule has 0 bridgehead atoms. The molecule has 0 heterocycles. The monoisotopic (exact) mass is 511 g/mol. The molecule has 34 heavy (non-hydrogen) atoms. The summed E-state index contributed by atoms with van der Waals surface area (Å²) in [7, 11) is -8.32. The third-order valence-electron chi connectivity index (χ3n) is 4.94. The highest BCUT2D eigenvalue weighted by molar-refractivity contribution is 7.53. The molecular formula is C23H31NO8P2. The van der Waals surface area contributed by atoms with E-state index in [1.165, 1.54) is 0 Å². The Labute approximate surface area is 199 Å². The zero-order valence-corrected chi connectivity index (χ0v) is 20.6. The average molecular weight is 511 g/mol. The third-order valence-corrected chi connectivity index (χ3v) is 7.65. The molecule has 4 N–H and O–H groups in total. The molecule has 0 aliphatic rings. The minimum Gasteiger partial charge on any atom is -0.392 e. The molecule has 0 saturated carbocycles. The number of nitrogens with two attached hydrogens (primary N) is 1. The van der Waals surface area contributed by atoms with Gasteiger partial charge < -0.3 is 24.6 Å². The van der Waals surface area contributed by atoms with Crippen LogP contribution in [0.25, 0.3) is 0 Å². The zero-order chi connectivity index (χ0) is 25.0. The van der Waals surface area contributed by atoms with E-state index in [1.54, 1.807) is 0 Å². The Balaban J connectivity index is 1.67. The minimum absolute atomic E-state index is 0.196. The molecule has 0 saturated heterocycles. The maximum Gasteiger partial charge on any atom is 0.378 e. The van der Waals surface area contributed by atoms with Crippen LogP contribution >= 0.6 is 15.2 Å². The molecular weight excluding hydrogens is 480 g/mol. The Bertz CT molecular complexity index is 1020. The van der Waals surface area contributed by atoms with Gasteiger partial charge in [-0.05, 0) is 43.2 Å². The second-order valence-corrected chi connectivity index (χ2v) is 11.7. The highest BCUT2D eigenvalue weighted by Crippen LogP contribution is 2.44. The minimum atomic E-state index is -4.19. The predicted octanol–water partition coefficient (Wildman–Crippen LogP) is 3.82. The van der Waals surface area contributed by atoms with E-state index < -0.39 is 39.6 Å². The van der Waals surface area contributed by atoms with Crippen LogP contribution in [0.5, 0.6) is 0 Å². The van der Waals surface area contributed by atoms with Crippen LogP contribution in [0.1, 0.15) is 36.8 Å². The molecule has 2 unspecified atom stereocenters. The number of aryl methyl sites for hydroxylation is 2. The van der Waals surface area contributed by atoms with Crippen molar-refractivity contribution >= 4 is 27.1 Å². The molecule has 0 radical (unpaired) electrons. The number of carbonyl (C=O) groups excluding carboxylic acids is 2. The summed E-state index contributed by atoms with van der Waals surface area (Å²) >= 11 is 0. The highest BCUT2D eigenvalue weighted by Gasteiger charge is 2.29. The Hall–Kier alpha value is -2.28. The lowest BCUT2D eigenvalue weighted by molar-refractivity contribution is -0.137. The van der Waals surface area contributed by atoms with Gasteiger partial charge in [0.2, 0.25) is 0 Å². The lowest BCUT2D eigenvalue weighted by atomic mass is 10.1. The first-order chi connectivity index (χ1) is 16.1. The summed E-state index contributed by atoms with van der Waals surface area (Å²) in [5, 5.41) is 0. The van der Waals surface area contributed by atoms with Crippen LogP contribution in [0.4, 0.5) is 0 Å². The van der Waals surface area contributed by atoms with E-state index in [0.717, 1.165) is 11.1 Å². The molecule has 0 aromatic heterocycles. The van der Waals surface area contributed by atoms with Crippen molar-refractivity contribution in [1.82, 2.24) is 0 Å². The molecule has 2 rings (SSSR count). The van der Waals surface area contributed by atoms with E-state index >= 15 is 0 Å². The van der Waals surface area contributed by atoms with Crippen LogP contribution in [-0.2, 0) is 40.6 Å². The van der Waals surface area contributed by atoms with Crippen molar-refractivity contribution in [2.75, 3.05) is 12.3 Å². The second-order valence-electron chi connectivity index (χ2n) is 7.92. The van der Waals surface area contributed by atoms with Crippen LogP contribution in [-0.4, -0.2) is 40.1 Å². The summed E-state index contributed by atoms with van der Waals surface area (Å²) < 4.78 is 33.6. The van der Waals surface area contributed by atoms with Gasteiger partial charge in [0, 0.05) is 6.42 Å². The van der Waals surface area contributed by atoms with Crippen LogP contribution in [0, 0.1) is 0 Å². The van der Waals surface area contributed by atoms with Gasteiger partial charge in [-0.1, -0.05) is 60.7 Å². The maximum atomic E-state index is 12.1. The average Bonchev–Trinajstić information content (AvgIpc) is 2.78. The predicted molar refractivity (Wildman–Crippen MR) is 128 cm³/mol. The van der Waals surface area contributed by atoms with Crippen molar-refractivity contribution in [3.8, 4) is 0 Å². The Morgan fingerprint density at radius 1 is 0.794 bits per heavy atom. The van der Waals surface area contributed by atoms with E-state index in [0.29, 0.717) is 25.7 Å². The number of benzene rings is 2. The summed E-state index contributed by atoms with van der Waals surface area (Å²) in [6.45, 7) is 0.